The van der Waals surface area contributed by atoms with Gasteiger partial charge in [0.15, 0.2) is 0 Å². The van der Waals surface area contributed by atoms with E-state index in [0.29, 0.717) is 0 Å². The topological polar surface area (TPSA) is 72.6 Å². The third-order valence-corrected chi connectivity index (χ3v) is 1.47. The van der Waals surface area contributed by atoms with Gasteiger partial charge < -0.3 is 15.6 Å². The van der Waals surface area contributed by atoms with Gasteiger partial charge in [-0.2, -0.15) is 0 Å². The Labute approximate surface area is 69.6 Å². The fourth-order valence-corrected chi connectivity index (χ4v) is 0.937. The van der Waals surface area contributed by atoms with Gasteiger partial charge >= 0.3 is 0 Å². The number of methoxy groups -OCH3 is 1. The molecule has 3 N–H and O–H groups in total. The van der Waals surface area contributed by atoms with Crippen molar-refractivity contribution in [3.63, 3.8) is 0 Å². The van der Waals surface area contributed by atoms with Crippen LogP contribution in [0.1, 0.15) is 10.4 Å². The van der Waals surface area contributed by atoms with Crippen molar-refractivity contribution in [2.75, 3.05) is 7.11 Å². The van der Waals surface area contributed by atoms with Crippen LogP contribution >= 0.6 is 0 Å². The predicted molar refractivity (Wildman–Crippen MR) is 43.2 cm³/mol. The normalized spacial score (nSPS) is 9.42. The van der Waals surface area contributed by atoms with E-state index in [1.54, 1.807) is 12.1 Å². The van der Waals surface area contributed by atoms with Crippen molar-refractivity contribution in [3.8, 4) is 11.5 Å². The first-order valence-electron chi connectivity index (χ1n) is 3.32. The van der Waals surface area contributed by atoms with E-state index in [9.17, 15) is 9.90 Å². The van der Waals surface area contributed by atoms with Crippen molar-refractivity contribution in [1.82, 2.24) is 0 Å². The highest BCUT2D eigenvalue weighted by molar-refractivity contribution is 5.98. The summed E-state index contributed by atoms with van der Waals surface area (Å²) >= 11 is 0. The minimum Gasteiger partial charge on any atom is -0.507 e. The molecular formula is C8H9NO3. The number of hydrogen-bond donors (Lipinski definition) is 2. The molecule has 0 bridgehead atoms. The molecule has 4 nitrogen and oxygen atoms in total. The van der Waals surface area contributed by atoms with Crippen molar-refractivity contribution >= 4 is 5.91 Å². The molecular weight excluding hydrogens is 158 g/mol. The molecule has 1 amide bonds. The van der Waals surface area contributed by atoms with Crippen LogP contribution in [0.2, 0.25) is 0 Å². The number of carbonyl (C=O) groups is 1. The minimum absolute atomic E-state index is 0.0139. The van der Waals surface area contributed by atoms with Crippen LogP contribution in [-0.4, -0.2) is 18.1 Å². The second-order valence-corrected chi connectivity index (χ2v) is 2.22. The van der Waals surface area contributed by atoms with E-state index in [2.05, 4.69) is 0 Å². The van der Waals surface area contributed by atoms with Gasteiger partial charge in [0.2, 0.25) is 0 Å². The molecule has 0 aromatic heterocycles. The molecule has 0 radical (unpaired) electrons. The van der Waals surface area contributed by atoms with E-state index >= 15 is 0 Å². The first-order valence-corrected chi connectivity index (χ1v) is 3.32. The Morgan fingerprint density at radius 3 is 2.67 bits per heavy atom. The van der Waals surface area contributed by atoms with E-state index in [1.807, 2.05) is 0 Å². The lowest BCUT2D eigenvalue weighted by atomic mass is 10.1. The van der Waals surface area contributed by atoms with Gasteiger partial charge in [-0.3, -0.25) is 4.79 Å². The Morgan fingerprint density at radius 1 is 1.58 bits per heavy atom. The summed E-state index contributed by atoms with van der Waals surface area (Å²) in [6.45, 7) is 0. The number of nitrogens with two attached hydrogens (primary N) is 1. The molecule has 1 aromatic carbocycles. The number of benzene rings is 1. The number of hydrogen-bond acceptors (Lipinski definition) is 3. The van der Waals surface area contributed by atoms with Gasteiger partial charge in [0, 0.05) is 0 Å². The fourth-order valence-electron chi connectivity index (χ4n) is 0.937. The summed E-state index contributed by atoms with van der Waals surface area (Å²) < 4.78 is 4.83. The van der Waals surface area contributed by atoms with Gasteiger partial charge in [-0.05, 0) is 12.1 Å². The van der Waals surface area contributed by atoms with Gasteiger partial charge in [0.1, 0.15) is 17.1 Å². The second-order valence-electron chi connectivity index (χ2n) is 2.22. The number of carbonyl (C=O) groups excluding carboxylic acids is 1. The SMILES string of the molecule is COc1cccc(O)c1C(N)=O. The molecule has 0 fully saturated rings. The summed E-state index contributed by atoms with van der Waals surface area (Å²) in [7, 11) is 1.40. The molecule has 0 spiro atoms. The van der Waals surface area contributed by atoms with Crippen LogP contribution in [0.15, 0.2) is 18.2 Å². The Bertz CT molecular complexity index is 309. The monoisotopic (exact) mass is 167 g/mol. The molecule has 0 saturated heterocycles. The first kappa shape index (κ1) is 8.39. The molecule has 0 aliphatic carbocycles. The van der Waals surface area contributed by atoms with Crippen molar-refractivity contribution in [1.29, 1.82) is 0 Å². The Morgan fingerprint density at radius 2 is 2.25 bits per heavy atom. The highest BCUT2D eigenvalue weighted by Crippen LogP contribution is 2.26. The lowest BCUT2D eigenvalue weighted by molar-refractivity contribution is 0.0994. The summed E-state index contributed by atoms with van der Waals surface area (Å²) in [5.41, 5.74) is 5.03. The van der Waals surface area contributed by atoms with Crippen LogP contribution in [-0.2, 0) is 0 Å². The van der Waals surface area contributed by atoms with Crippen molar-refractivity contribution in [3.05, 3.63) is 23.8 Å². The van der Waals surface area contributed by atoms with Gasteiger partial charge in [0.05, 0.1) is 7.11 Å². The molecule has 0 aliphatic heterocycles. The zero-order valence-electron chi connectivity index (χ0n) is 6.57. The summed E-state index contributed by atoms with van der Waals surface area (Å²) in [5, 5.41) is 9.21. The molecule has 1 aromatic rings. The predicted octanol–water partition coefficient (Wildman–Crippen LogP) is 0.500. The van der Waals surface area contributed by atoms with Crippen LogP contribution in [0.25, 0.3) is 0 Å². The zero-order valence-corrected chi connectivity index (χ0v) is 6.57. The Balaban J connectivity index is 3.29. The van der Waals surface area contributed by atoms with E-state index < -0.39 is 5.91 Å². The van der Waals surface area contributed by atoms with Crippen LogP contribution in [0.5, 0.6) is 11.5 Å². The van der Waals surface area contributed by atoms with E-state index in [0.717, 1.165) is 0 Å². The standard InChI is InChI=1S/C8H9NO3/c1-12-6-4-2-3-5(10)7(6)8(9)11/h2-4,10H,1H3,(H2,9,11). The highest BCUT2D eigenvalue weighted by atomic mass is 16.5. The largest absolute Gasteiger partial charge is 0.507 e. The van der Waals surface area contributed by atoms with E-state index in [4.69, 9.17) is 10.5 Å². The van der Waals surface area contributed by atoms with Crippen molar-refractivity contribution in [2.45, 2.75) is 0 Å². The molecule has 0 saturated carbocycles. The average molecular weight is 167 g/mol. The fraction of sp³-hybridized carbons (Fsp3) is 0.125. The minimum atomic E-state index is -0.704. The maximum absolute atomic E-state index is 10.8. The summed E-state index contributed by atoms with van der Waals surface area (Å²) in [6.07, 6.45) is 0. The zero-order chi connectivity index (χ0) is 9.14. The maximum atomic E-state index is 10.8. The van der Waals surface area contributed by atoms with E-state index in [1.165, 1.54) is 13.2 Å². The molecule has 4 heteroatoms. The third kappa shape index (κ3) is 1.32. The summed E-state index contributed by atoms with van der Waals surface area (Å²) in [5.74, 6) is -0.589. The smallest absolute Gasteiger partial charge is 0.256 e. The van der Waals surface area contributed by atoms with Gasteiger partial charge in [-0.15, -0.1) is 0 Å². The molecule has 0 aliphatic rings. The molecule has 0 heterocycles. The molecule has 0 unspecified atom stereocenters. The van der Waals surface area contributed by atoms with Gasteiger partial charge in [-0.25, -0.2) is 0 Å². The quantitative estimate of drug-likeness (QED) is 0.673. The number of primary amides is 1. The van der Waals surface area contributed by atoms with Crippen LogP contribution < -0.4 is 10.5 Å². The summed E-state index contributed by atoms with van der Waals surface area (Å²) in [6, 6.07) is 4.50. The second kappa shape index (κ2) is 3.13. The number of phenols is 1. The van der Waals surface area contributed by atoms with Gasteiger partial charge in [0.25, 0.3) is 5.91 Å². The number of aromatic hydroxyl groups is 1. The van der Waals surface area contributed by atoms with Crippen molar-refractivity contribution in [2.24, 2.45) is 5.73 Å². The lowest BCUT2D eigenvalue weighted by Crippen LogP contribution is -2.12. The number of rotatable bonds is 2. The van der Waals surface area contributed by atoms with Crippen LogP contribution in [0.3, 0.4) is 0 Å². The number of amides is 1. The molecule has 1 rings (SSSR count). The Kier molecular flexibility index (Phi) is 2.19. The maximum Gasteiger partial charge on any atom is 0.256 e. The highest BCUT2D eigenvalue weighted by Gasteiger charge is 2.12. The van der Waals surface area contributed by atoms with Crippen molar-refractivity contribution < 1.29 is 14.6 Å². The van der Waals surface area contributed by atoms with Gasteiger partial charge in [-0.1, -0.05) is 6.07 Å². The molecule has 12 heavy (non-hydrogen) atoms. The number of ether oxygens (including phenoxy) is 1. The van der Waals surface area contributed by atoms with Crippen LogP contribution in [0, 0.1) is 0 Å². The third-order valence-electron chi connectivity index (χ3n) is 1.47. The molecule has 0 atom stereocenters. The van der Waals surface area contributed by atoms with E-state index in [-0.39, 0.29) is 17.1 Å². The average Bonchev–Trinajstić information content (AvgIpc) is 2.03. The first-order chi connectivity index (χ1) is 5.66. The lowest BCUT2D eigenvalue weighted by Gasteiger charge is -2.05. The Hall–Kier alpha value is -1.71. The van der Waals surface area contributed by atoms with Crippen LogP contribution in [0.4, 0.5) is 0 Å². The molecule has 64 valence electrons. The summed E-state index contributed by atoms with van der Waals surface area (Å²) in [4.78, 5) is 10.8.